The molecule has 30 heavy (non-hydrogen) atoms. The number of amides is 1. The minimum atomic E-state index is -0.996. The lowest BCUT2D eigenvalue weighted by Gasteiger charge is -2.30. The van der Waals surface area contributed by atoms with Gasteiger partial charge < -0.3 is 9.84 Å². The van der Waals surface area contributed by atoms with Crippen LogP contribution in [0.5, 0.6) is 0 Å². The number of nitrogens with one attached hydrogen (secondary N) is 1. The van der Waals surface area contributed by atoms with Gasteiger partial charge in [0.2, 0.25) is 17.6 Å². The second-order valence-corrected chi connectivity index (χ2v) is 7.59. The molecule has 6 nitrogen and oxygen atoms in total. The molecule has 156 valence electrons. The summed E-state index contributed by atoms with van der Waals surface area (Å²) in [6.45, 7) is 1.70. The van der Waals surface area contributed by atoms with Crippen molar-refractivity contribution in [3.63, 3.8) is 0 Å². The van der Waals surface area contributed by atoms with Crippen molar-refractivity contribution in [2.75, 3.05) is 18.4 Å². The molecule has 1 unspecified atom stereocenters. The number of carbonyl (C=O) groups excluding carboxylic acids is 1. The van der Waals surface area contributed by atoms with Crippen LogP contribution in [0.25, 0.3) is 11.4 Å². The summed E-state index contributed by atoms with van der Waals surface area (Å²) in [5.41, 5.74) is 0.925. The summed E-state index contributed by atoms with van der Waals surface area (Å²) in [5.74, 6) is -1.60. The monoisotopic (exact) mass is 432 g/mol. The molecular weight excluding hydrogens is 414 g/mol. The zero-order valence-corrected chi connectivity index (χ0v) is 16.7. The molecule has 2 heterocycles. The molecule has 0 spiro atoms. The Morgan fingerprint density at radius 1 is 1.23 bits per heavy atom. The van der Waals surface area contributed by atoms with Gasteiger partial charge in [0, 0.05) is 23.9 Å². The third-order valence-electron chi connectivity index (χ3n) is 5.01. The Bertz CT molecular complexity index is 1060. The molecule has 0 radical (unpaired) electrons. The van der Waals surface area contributed by atoms with Crippen molar-refractivity contribution in [1.82, 2.24) is 15.0 Å². The fourth-order valence-electron chi connectivity index (χ4n) is 3.49. The Balaban J connectivity index is 1.38. The normalized spacial score (nSPS) is 17.1. The lowest BCUT2D eigenvalue weighted by molar-refractivity contribution is -0.121. The minimum absolute atomic E-state index is 0.229. The summed E-state index contributed by atoms with van der Waals surface area (Å²) in [6.07, 6.45) is 1.53. The number of rotatable bonds is 5. The molecule has 0 bridgehead atoms. The van der Waals surface area contributed by atoms with Gasteiger partial charge in [-0.1, -0.05) is 28.9 Å². The Kier molecular flexibility index (Phi) is 6.06. The molecule has 1 aromatic heterocycles. The van der Waals surface area contributed by atoms with Gasteiger partial charge in [-0.25, -0.2) is 8.78 Å². The predicted molar refractivity (Wildman–Crippen MR) is 108 cm³/mol. The van der Waals surface area contributed by atoms with Crippen molar-refractivity contribution >= 4 is 23.2 Å². The molecule has 0 aliphatic carbocycles. The fourth-order valence-corrected chi connectivity index (χ4v) is 3.71. The topological polar surface area (TPSA) is 71.3 Å². The summed E-state index contributed by atoms with van der Waals surface area (Å²) in [7, 11) is 0. The van der Waals surface area contributed by atoms with Gasteiger partial charge in [-0.15, -0.1) is 0 Å². The van der Waals surface area contributed by atoms with E-state index in [1.165, 1.54) is 6.07 Å². The van der Waals surface area contributed by atoms with Gasteiger partial charge >= 0.3 is 0 Å². The van der Waals surface area contributed by atoms with Gasteiger partial charge in [0.1, 0.15) is 0 Å². The standard InChI is InChI=1S/C21H19ClF2N4O2/c22-16-6-2-1-5-15(16)20-26-19(30-27-20)12-28-9-3-4-13(11-28)21(29)25-14-7-8-17(23)18(24)10-14/h1-2,5-8,10,13H,3-4,9,11-12H2,(H,25,29). The average Bonchev–Trinajstić information content (AvgIpc) is 3.19. The fraction of sp³-hybridized carbons (Fsp3) is 0.286. The van der Waals surface area contributed by atoms with E-state index < -0.39 is 11.6 Å². The highest BCUT2D eigenvalue weighted by molar-refractivity contribution is 6.33. The maximum Gasteiger partial charge on any atom is 0.241 e. The zero-order valence-electron chi connectivity index (χ0n) is 15.9. The number of carbonyl (C=O) groups is 1. The van der Waals surface area contributed by atoms with Crippen molar-refractivity contribution in [2.24, 2.45) is 5.92 Å². The summed E-state index contributed by atoms with van der Waals surface area (Å²) in [4.78, 5) is 19.0. The first-order valence-electron chi connectivity index (χ1n) is 9.55. The van der Waals surface area contributed by atoms with Crippen LogP contribution in [0, 0.1) is 17.6 Å². The number of hydrogen-bond acceptors (Lipinski definition) is 5. The Morgan fingerprint density at radius 2 is 2.07 bits per heavy atom. The van der Waals surface area contributed by atoms with E-state index >= 15 is 0 Å². The minimum Gasteiger partial charge on any atom is -0.338 e. The number of benzene rings is 2. The van der Waals surface area contributed by atoms with Crippen LogP contribution in [-0.4, -0.2) is 34.0 Å². The quantitative estimate of drug-likeness (QED) is 0.642. The van der Waals surface area contributed by atoms with Crippen LogP contribution in [-0.2, 0) is 11.3 Å². The third kappa shape index (κ3) is 4.66. The van der Waals surface area contributed by atoms with Gasteiger partial charge in [-0.05, 0) is 43.7 Å². The second-order valence-electron chi connectivity index (χ2n) is 7.18. The lowest BCUT2D eigenvalue weighted by atomic mass is 9.97. The summed E-state index contributed by atoms with van der Waals surface area (Å²) >= 11 is 6.18. The largest absolute Gasteiger partial charge is 0.338 e. The van der Waals surface area contributed by atoms with E-state index in [0.717, 1.165) is 25.1 Å². The van der Waals surface area contributed by atoms with Gasteiger partial charge in [0.05, 0.1) is 17.5 Å². The highest BCUT2D eigenvalue weighted by atomic mass is 35.5. The molecular formula is C21H19ClF2N4O2. The smallest absolute Gasteiger partial charge is 0.241 e. The Morgan fingerprint density at radius 3 is 2.87 bits per heavy atom. The number of piperidine rings is 1. The predicted octanol–water partition coefficient (Wildman–Crippen LogP) is 4.52. The lowest BCUT2D eigenvalue weighted by Crippen LogP contribution is -2.40. The van der Waals surface area contributed by atoms with Crippen molar-refractivity contribution in [3.8, 4) is 11.4 Å². The van der Waals surface area contributed by atoms with Gasteiger partial charge in [0.25, 0.3) is 0 Å². The van der Waals surface area contributed by atoms with Crippen molar-refractivity contribution < 1.29 is 18.1 Å². The van der Waals surface area contributed by atoms with Crippen molar-refractivity contribution in [3.05, 3.63) is 65.0 Å². The molecule has 1 aliphatic rings. The van der Waals surface area contributed by atoms with Crippen LogP contribution in [0.1, 0.15) is 18.7 Å². The molecule has 1 amide bonds. The average molecular weight is 433 g/mol. The van der Waals surface area contributed by atoms with Crippen LogP contribution >= 0.6 is 11.6 Å². The SMILES string of the molecule is O=C(Nc1ccc(F)c(F)c1)C1CCCN(Cc2nc(-c3ccccc3Cl)no2)C1. The summed E-state index contributed by atoms with van der Waals surface area (Å²) < 4.78 is 31.8. The van der Waals surface area contributed by atoms with Gasteiger partial charge in [-0.3, -0.25) is 9.69 Å². The van der Waals surface area contributed by atoms with E-state index in [2.05, 4.69) is 20.4 Å². The second kappa shape index (κ2) is 8.89. The first-order valence-corrected chi connectivity index (χ1v) is 9.93. The van der Waals surface area contributed by atoms with E-state index in [9.17, 15) is 13.6 Å². The Labute approximate surface area is 176 Å². The number of aromatic nitrogens is 2. The number of nitrogens with zero attached hydrogens (tertiary/aromatic N) is 3. The maximum absolute atomic E-state index is 13.4. The summed E-state index contributed by atoms with van der Waals surface area (Å²) in [6, 6.07) is 10.5. The molecule has 0 saturated carbocycles. The van der Waals surface area contributed by atoms with E-state index in [0.29, 0.717) is 41.8 Å². The number of halogens is 3. The van der Waals surface area contributed by atoms with E-state index in [1.54, 1.807) is 6.07 Å². The van der Waals surface area contributed by atoms with Crippen LogP contribution in [0.2, 0.25) is 5.02 Å². The van der Waals surface area contributed by atoms with Crippen LogP contribution in [0.15, 0.2) is 47.0 Å². The van der Waals surface area contributed by atoms with Gasteiger partial charge in [0.15, 0.2) is 11.6 Å². The number of anilines is 1. The van der Waals surface area contributed by atoms with E-state index in [1.807, 2.05) is 18.2 Å². The Hall–Kier alpha value is -2.84. The molecule has 1 atom stereocenters. The van der Waals surface area contributed by atoms with E-state index in [4.69, 9.17) is 16.1 Å². The summed E-state index contributed by atoms with van der Waals surface area (Å²) in [5, 5.41) is 7.19. The van der Waals surface area contributed by atoms with Crippen LogP contribution in [0.3, 0.4) is 0 Å². The first-order chi connectivity index (χ1) is 14.5. The van der Waals surface area contributed by atoms with Crippen LogP contribution < -0.4 is 5.32 Å². The first kappa shape index (κ1) is 20.4. The molecule has 9 heteroatoms. The van der Waals surface area contributed by atoms with Crippen LogP contribution in [0.4, 0.5) is 14.5 Å². The zero-order chi connectivity index (χ0) is 21.1. The molecule has 2 aromatic carbocycles. The molecule has 1 fully saturated rings. The third-order valence-corrected chi connectivity index (χ3v) is 5.33. The highest BCUT2D eigenvalue weighted by Crippen LogP contribution is 2.26. The molecule has 1 saturated heterocycles. The van der Waals surface area contributed by atoms with E-state index in [-0.39, 0.29) is 17.5 Å². The number of likely N-dealkylation sites (tertiary alicyclic amines) is 1. The van der Waals surface area contributed by atoms with Gasteiger partial charge in [-0.2, -0.15) is 4.98 Å². The molecule has 1 aliphatic heterocycles. The molecule has 1 N–H and O–H groups in total. The van der Waals surface area contributed by atoms with Crippen molar-refractivity contribution in [1.29, 1.82) is 0 Å². The maximum atomic E-state index is 13.4. The number of hydrogen-bond donors (Lipinski definition) is 1. The van der Waals surface area contributed by atoms with Crippen molar-refractivity contribution in [2.45, 2.75) is 19.4 Å². The molecule has 4 rings (SSSR count). The highest BCUT2D eigenvalue weighted by Gasteiger charge is 2.27. The molecule has 3 aromatic rings.